The molecule has 1 fully saturated rings. The number of benzene rings is 1. The van der Waals surface area contributed by atoms with Crippen LogP contribution in [-0.4, -0.2) is 44.5 Å². The maximum atomic E-state index is 12.9. The topological polar surface area (TPSA) is 56.7 Å². The molecule has 0 saturated heterocycles. The van der Waals surface area contributed by atoms with Gasteiger partial charge in [0.1, 0.15) is 5.82 Å². The van der Waals surface area contributed by atoms with Crippen molar-refractivity contribution in [1.29, 1.82) is 0 Å². The monoisotopic (exact) mass is 462 g/mol. The van der Waals surface area contributed by atoms with Gasteiger partial charge in [0.25, 0.3) is 0 Å². The molecule has 1 aromatic carbocycles. The van der Waals surface area contributed by atoms with Crippen LogP contribution in [0, 0.1) is 11.2 Å². The Labute approximate surface area is 166 Å². The lowest BCUT2D eigenvalue weighted by atomic mass is 9.84. The van der Waals surface area contributed by atoms with Crippen molar-refractivity contribution in [3.05, 3.63) is 35.6 Å². The Bertz CT molecular complexity index is 583. The number of amides is 1. The summed E-state index contributed by atoms with van der Waals surface area (Å²) in [4.78, 5) is 18.5. The highest BCUT2D eigenvalue weighted by Crippen LogP contribution is 2.38. The van der Waals surface area contributed by atoms with Gasteiger partial charge in [-0.3, -0.25) is 9.79 Å². The molecular formula is C18H28FIN4O. The molecule has 7 heteroatoms. The first-order valence-corrected chi connectivity index (χ1v) is 8.37. The zero-order chi connectivity index (χ0) is 17.6. The van der Waals surface area contributed by atoms with Crippen molar-refractivity contribution < 1.29 is 9.18 Å². The number of hydrogen-bond donors (Lipinski definition) is 2. The molecule has 0 unspecified atom stereocenters. The number of carbonyl (C=O) groups is 1. The first-order valence-electron chi connectivity index (χ1n) is 8.37. The molecule has 0 heterocycles. The minimum atomic E-state index is -0.336. The molecule has 2 N–H and O–H groups in total. The first kappa shape index (κ1) is 21.7. The lowest BCUT2D eigenvalue weighted by molar-refractivity contribution is -0.138. The molecule has 1 aromatic rings. The van der Waals surface area contributed by atoms with E-state index in [0.717, 1.165) is 31.2 Å². The average Bonchev–Trinajstić information content (AvgIpc) is 3.06. The van der Waals surface area contributed by atoms with Crippen LogP contribution in [0.4, 0.5) is 4.39 Å². The maximum Gasteiger partial charge on any atom is 0.230 e. The van der Waals surface area contributed by atoms with Gasteiger partial charge in [0.2, 0.25) is 5.91 Å². The number of guanidine groups is 1. The summed E-state index contributed by atoms with van der Waals surface area (Å²) in [6.45, 7) is 1.13. The number of aliphatic imine (C=N–C) groups is 1. The number of carbonyl (C=O) groups excluding carboxylic acids is 1. The predicted molar refractivity (Wildman–Crippen MR) is 110 cm³/mol. The molecule has 0 spiro atoms. The molecule has 140 valence electrons. The summed E-state index contributed by atoms with van der Waals surface area (Å²) in [6, 6.07) is 6.36. The van der Waals surface area contributed by atoms with Crippen molar-refractivity contribution in [2.75, 3.05) is 27.7 Å². The number of nitrogens with zero attached hydrogens (tertiary/aromatic N) is 2. The van der Waals surface area contributed by atoms with E-state index in [1.807, 2.05) is 14.1 Å². The molecule has 25 heavy (non-hydrogen) atoms. The van der Waals surface area contributed by atoms with E-state index < -0.39 is 0 Å². The van der Waals surface area contributed by atoms with E-state index in [2.05, 4.69) is 15.6 Å². The van der Waals surface area contributed by atoms with Gasteiger partial charge in [0.05, 0.1) is 5.41 Å². The Hall–Kier alpha value is -1.38. The fourth-order valence-corrected chi connectivity index (χ4v) is 3.25. The molecule has 0 bridgehead atoms. The van der Waals surface area contributed by atoms with Crippen LogP contribution in [0.5, 0.6) is 0 Å². The summed E-state index contributed by atoms with van der Waals surface area (Å²) in [7, 11) is 5.32. The SMILES string of the molecule is CN=C(NCc1ccc(F)cc1)NCC1(C(=O)N(C)C)CCCC1.I. The highest BCUT2D eigenvalue weighted by molar-refractivity contribution is 14.0. The molecule has 0 aromatic heterocycles. The Morgan fingerprint density at radius 2 is 1.80 bits per heavy atom. The third-order valence-corrected chi connectivity index (χ3v) is 4.61. The van der Waals surface area contributed by atoms with Crippen molar-refractivity contribution >= 4 is 35.8 Å². The van der Waals surface area contributed by atoms with E-state index >= 15 is 0 Å². The highest BCUT2D eigenvalue weighted by Gasteiger charge is 2.42. The van der Waals surface area contributed by atoms with Crippen LogP contribution in [0.1, 0.15) is 31.2 Å². The zero-order valence-electron chi connectivity index (χ0n) is 15.1. The van der Waals surface area contributed by atoms with Crippen LogP contribution in [0.25, 0.3) is 0 Å². The van der Waals surface area contributed by atoms with Gasteiger partial charge in [-0.1, -0.05) is 25.0 Å². The number of hydrogen-bond acceptors (Lipinski definition) is 2. The fraction of sp³-hybridized carbons (Fsp3) is 0.556. The molecule has 1 aliphatic carbocycles. The van der Waals surface area contributed by atoms with Crippen molar-refractivity contribution in [2.24, 2.45) is 10.4 Å². The smallest absolute Gasteiger partial charge is 0.230 e. The van der Waals surface area contributed by atoms with E-state index in [4.69, 9.17) is 0 Å². The second-order valence-corrected chi connectivity index (χ2v) is 6.59. The van der Waals surface area contributed by atoms with Crippen molar-refractivity contribution in [3.8, 4) is 0 Å². The van der Waals surface area contributed by atoms with Gasteiger partial charge in [-0.05, 0) is 30.5 Å². The van der Waals surface area contributed by atoms with E-state index in [9.17, 15) is 9.18 Å². The van der Waals surface area contributed by atoms with Crippen LogP contribution in [0.2, 0.25) is 0 Å². The van der Waals surface area contributed by atoms with Crippen LogP contribution in [0.15, 0.2) is 29.3 Å². The van der Waals surface area contributed by atoms with Crippen LogP contribution < -0.4 is 10.6 Å². The number of halogens is 2. The van der Waals surface area contributed by atoms with Crippen molar-refractivity contribution in [3.63, 3.8) is 0 Å². The summed E-state index contributed by atoms with van der Waals surface area (Å²) in [6.07, 6.45) is 3.99. The molecule has 0 radical (unpaired) electrons. The van der Waals surface area contributed by atoms with E-state index in [1.54, 1.807) is 24.1 Å². The summed E-state index contributed by atoms with van der Waals surface area (Å²) in [5.74, 6) is 0.588. The Kier molecular flexibility index (Phi) is 8.61. The van der Waals surface area contributed by atoms with Gasteiger partial charge in [-0.25, -0.2) is 4.39 Å². The van der Waals surface area contributed by atoms with Crippen molar-refractivity contribution in [2.45, 2.75) is 32.2 Å². The third kappa shape index (κ3) is 5.83. The second-order valence-electron chi connectivity index (χ2n) is 6.59. The Morgan fingerprint density at radius 1 is 1.20 bits per heavy atom. The summed E-state index contributed by atoms with van der Waals surface area (Å²) >= 11 is 0. The predicted octanol–water partition coefficient (Wildman–Crippen LogP) is 2.76. The van der Waals surface area contributed by atoms with Crippen LogP contribution in [-0.2, 0) is 11.3 Å². The zero-order valence-corrected chi connectivity index (χ0v) is 17.5. The summed E-state index contributed by atoms with van der Waals surface area (Å²) < 4.78 is 12.9. The van der Waals surface area contributed by atoms with Crippen molar-refractivity contribution in [1.82, 2.24) is 15.5 Å². The van der Waals surface area contributed by atoms with E-state index in [0.29, 0.717) is 19.0 Å². The Morgan fingerprint density at radius 3 is 2.32 bits per heavy atom. The lowest BCUT2D eigenvalue weighted by Crippen LogP contribution is -2.49. The van der Waals surface area contributed by atoms with Crippen LogP contribution in [0.3, 0.4) is 0 Å². The molecule has 1 aliphatic rings. The second kappa shape index (κ2) is 9.94. The Balaban J connectivity index is 0.00000312. The minimum Gasteiger partial charge on any atom is -0.355 e. The summed E-state index contributed by atoms with van der Waals surface area (Å²) in [5.41, 5.74) is 0.635. The minimum absolute atomic E-state index is 0. The van der Waals surface area contributed by atoms with Gasteiger partial charge >= 0.3 is 0 Å². The number of rotatable bonds is 5. The summed E-state index contributed by atoms with van der Waals surface area (Å²) in [5, 5.41) is 6.49. The molecule has 1 amide bonds. The fourth-order valence-electron chi connectivity index (χ4n) is 3.25. The average molecular weight is 462 g/mol. The molecule has 1 saturated carbocycles. The largest absolute Gasteiger partial charge is 0.355 e. The third-order valence-electron chi connectivity index (χ3n) is 4.61. The molecule has 5 nitrogen and oxygen atoms in total. The van der Waals surface area contributed by atoms with Gasteiger partial charge in [0.15, 0.2) is 5.96 Å². The van der Waals surface area contributed by atoms with Gasteiger partial charge in [0, 0.05) is 34.2 Å². The first-order chi connectivity index (χ1) is 11.5. The van der Waals surface area contributed by atoms with Gasteiger partial charge in [-0.2, -0.15) is 0 Å². The normalized spacial score (nSPS) is 16.1. The van der Waals surface area contributed by atoms with Crippen LogP contribution >= 0.6 is 24.0 Å². The van der Waals surface area contributed by atoms with Gasteiger partial charge < -0.3 is 15.5 Å². The van der Waals surface area contributed by atoms with E-state index in [-0.39, 0.29) is 41.1 Å². The molecule has 2 rings (SSSR count). The van der Waals surface area contributed by atoms with E-state index in [1.165, 1.54) is 12.1 Å². The maximum absolute atomic E-state index is 12.9. The molecule has 0 aliphatic heterocycles. The molecular weight excluding hydrogens is 434 g/mol. The lowest BCUT2D eigenvalue weighted by Gasteiger charge is -2.31. The highest BCUT2D eigenvalue weighted by atomic mass is 127. The molecule has 0 atom stereocenters. The standard InChI is InChI=1S/C18H27FN4O.HI/c1-20-17(21-12-14-6-8-15(19)9-7-14)22-13-18(10-4-5-11-18)16(24)23(2)3;/h6-9H,4-5,10-13H2,1-3H3,(H2,20,21,22);1H. The van der Waals surface area contributed by atoms with Gasteiger partial charge in [-0.15, -0.1) is 24.0 Å². The quantitative estimate of drug-likeness (QED) is 0.402. The number of nitrogens with one attached hydrogen (secondary N) is 2.